The highest BCUT2D eigenvalue weighted by molar-refractivity contribution is 7.99. The summed E-state index contributed by atoms with van der Waals surface area (Å²) < 4.78 is 45.0. The van der Waals surface area contributed by atoms with E-state index in [4.69, 9.17) is 25.9 Å². The lowest BCUT2D eigenvalue weighted by atomic mass is 9.77. The molecule has 1 N–H and O–H groups in total. The van der Waals surface area contributed by atoms with E-state index in [9.17, 15) is 13.6 Å². The van der Waals surface area contributed by atoms with E-state index >= 15 is 0 Å². The van der Waals surface area contributed by atoms with Crippen LogP contribution in [0.3, 0.4) is 0 Å². The number of anilines is 1. The van der Waals surface area contributed by atoms with Gasteiger partial charge in [0.15, 0.2) is 5.16 Å². The van der Waals surface area contributed by atoms with Crippen molar-refractivity contribution >= 4 is 58.6 Å². The number of benzene rings is 2. The summed E-state index contributed by atoms with van der Waals surface area (Å²) in [7, 11) is -0.686. The van der Waals surface area contributed by atoms with Crippen molar-refractivity contribution in [2.75, 3.05) is 11.1 Å². The molecule has 7 nitrogen and oxygen atoms in total. The molecule has 0 bridgehead atoms. The van der Waals surface area contributed by atoms with Gasteiger partial charge in [-0.15, -0.1) is 8.78 Å². The molecule has 2 aliphatic rings. The van der Waals surface area contributed by atoms with Crippen molar-refractivity contribution in [3.05, 3.63) is 42.0 Å². The number of amides is 1. The van der Waals surface area contributed by atoms with Crippen LogP contribution in [-0.4, -0.2) is 45.1 Å². The number of carbonyl (C=O) groups is 1. The van der Waals surface area contributed by atoms with E-state index in [-0.39, 0.29) is 17.7 Å². The molecule has 3 aromatic rings. The average molecular weight is 550 g/mol. The van der Waals surface area contributed by atoms with Crippen LogP contribution >= 0.6 is 23.4 Å². The van der Waals surface area contributed by atoms with Crippen LogP contribution in [0.15, 0.2) is 41.6 Å². The molecule has 37 heavy (non-hydrogen) atoms. The Kier molecular flexibility index (Phi) is 6.50. The van der Waals surface area contributed by atoms with Crippen LogP contribution in [0.1, 0.15) is 57.4 Å². The number of imidazole rings is 1. The summed E-state index contributed by atoms with van der Waals surface area (Å²) >= 11 is 6.50. The Morgan fingerprint density at radius 3 is 2.49 bits per heavy atom. The van der Waals surface area contributed by atoms with Crippen molar-refractivity contribution in [3.63, 3.8) is 0 Å². The van der Waals surface area contributed by atoms with Gasteiger partial charge in [0.05, 0.1) is 22.2 Å². The fraction of sp³-hybridized carbons (Fsp3) is 0.440. The van der Waals surface area contributed by atoms with E-state index in [2.05, 4.69) is 21.5 Å². The van der Waals surface area contributed by atoms with E-state index < -0.39 is 23.9 Å². The summed E-state index contributed by atoms with van der Waals surface area (Å²) in [4.78, 5) is 18.1. The van der Waals surface area contributed by atoms with Gasteiger partial charge in [0.25, 0.3) is 5.91 Å². The SMILES string of the molecule is C[C@@H]1CCSc2nc3cc(C(=O)Nc4ccc(OC(F)(F)Cl)cc4)cc(B4OC(C)(C)C(C)(C)O4)c3n21. The standard InChI is InChI=1S/C25H27BClF2N3O4S/c1-14-10-11-37-22-31-19-13-15(21(33)30-16-6-8-17(9-7-16)34-25(27,28)29)12-18(20(19)32(14)22)26-35-23(2,3)24(4,5)36-26/h6-9,12-14H,10-11H2,1-5H3,(H,30,33)/t14-/m1/s1. The summed E-state index contributed by atoms with van der Waals surface area (Å²) in [6, 6.07) is 9.28. The molecule has 2 aliphatic heterocycles. The van der Waals surface area contributed by atoms with Gasteiger partial charge in [-0.2, -0.15) is 0 Å². The smallest absolute Gasteiger partial charge is 0.420 e. The maximum Gasteiger partial charge on any atom is 0.497 e. The van der Waals surface area contributed by atoms with E-state index in [0.717, 1.165) is 28.3 Å². The molecule has 2 aromatic carbocycles. The average Bonchev–Trinajstić information content (AvgIpc) is 3.27. The Morgan fingerprint density at radius 2 is 1.86 bits per heavy atom. The van der Waals surface area contributed by atoms with Crippen molar-refractivity contribution in [1.82, 2.24) is 9.55 Å². The molecule has 1 aromatic heterocycles. The van der Waals surface area contributed by atoms with Crippen molar-refractivity contribution < 1.29 is 27.6 Å². The van der Waals surface area contributed by atoms with Gasteiger partial charge in [0, 0.05) is 40.1 Å². The number of fused-ring (bicyclic) bond motifs is 3. The van der Waals surface area contributed by atoms with E-state index in [1.165, 1.54) is 24.3 Å². The first-order valence-electron chi connectivity index (χ1n) is 12.0. The number of alkyl halides is 3. The summed E-state index contributed by atoms with van der Waals surface area (Å²) in [5.74, 6) is 0.458. The molecule has 1 atom stereocenters. The topological polar surface area (TPSA) is 74.6 Å². The molecule has 0 unspecified atom stereocenters. The molecule has 0 saturated carbocycles. The molecule has 1 saturated heterocycles. The van der Waals surface area contributed by atoms with Gasteiger partial charge in [-0.1, -0.05) is 11.8 Å². The van der Waals surface area contributed by atoms with Gasteiger partial charge >= 0.3 is 12.7 Å². The second kappa shape index (κ2) is 9.15. The Labute approximate surface area is 223 Å². The number of aromatic nitrogens is 2. The first-order chi connectivity index (χ1) is 17.2. The molecular formula is C25H27BClF2N3O4S. The van der Waals surface area contributed by atoms with Gasteiger partial charge in [0.2, 0.25) is 0 Å². The molecule has 196 valence electrons. The molecule has 5 rings (SSSR count). The minimum atomic E-state index is -3.82. The number of carbonyl (C=O) groups excluding carboxylic acids is 1. The first-order valence-corrected chi connectivity index (χ1v) is 13.3. The maximum absolute atomic E-state index is 13.3. The number of hydrogen-bond donors (Lipinski definition) is 1. The molecule has 1 fully saturated rings. The zero-order valence-corrected chi connectivity index (χ0v) is 22.7. The van der Waals surface area contributed by atoms with E-state index in [1.54, 1.807) is 23.9 Å². The van der Waals surface area contributed by atoms with Gasteiger partial charge in [-0.25, -0.2) is 4.98 Å². The van der Waals surface area contributed by atoms with Crippen LogP contribution in [0.2, 0.25) is 0 Å². The third-order valence-electron chi connectivity index (χ3n) is 7.11. The number of rotatable bonds is 5. The Balaban J connectivity index is 1.52. The van der Waals surface area contributed by atoms with Crippen LogP contribution < -0.4 is 15.5 Å². The second-order valence-corrected chi connectivity index (χ2v) is 11.8. The molecule has 12 heteroatoms. The van der Waals surface area contributed by atoms with Crippen LogP contribution in [0.4, 0.5) is 14.5 Å². The number of nitrogens with one attached hydrogen (secondary N) is 1. The summed E-state index contributed by atoms with van der Waals surface area (Å²) in [6.07, 6.45) is 1.00. The lowest BCUT2D eigenvalue weighted by molar-refractivity contribution is -0.0964. The molecule has 0 spiro atoms. The normalized spacial score (nSPS) is 20.6. The highest BCUT2D eigenvalue weighted by Gasteiger charge is 2.52. The zero-order valence-electron chi connectivity index (χ0n) is 21.1. The molecule has 0 aliphatic carbocycles. The van der Waals surface area contributed by atoms with Gasteiger partial charge in [-0.05, 0) is 77.4 Å². The Morgan fingerprint density at radius 1 is 1.22 bits per heavy atom. The summed E-state index contributed by atoms with van der Waals surface area (Å²) in [5.41, 5.74) is -1.84. The molecule has 1 amide bonds. The quantitative estimate of drug-likeness (QED) is 0.320. The lowest BCUT2D eigenvalue weighted by Crippen LogP contribution is -2.41. The highest BCUT2D eigenvalue weighted by Crippen LogP contribution is 2.39. The number of halogens is 3. The highest BCUT2D eigenvalue weighted by atomic mass is 35.5. The minimum absolute atomic E-state index is 0.127. The second-order valence-electron chi connectivity index (χ2n) is 10.3. The van der Waals surface area contributed by atoms with Gasteiger partial charge in [-0.3, -0.25) is 4.79 Å². The fourth-order valence-electron chi connectivity index (χ4n) is 4.43. The molecular weight excluding hydrogens is 523 g/mol. The van der Waals surface area contributed by atoms with Gasteiger partial charge < -0.3 is 23.9 Å². The van der Waals surface area contributed by atoms with Crippen molar-refractivity contribution in [1.29, 1.82) is 0 Å². The first kappa shape index (κ1) is 26.3. The van der Waals surface area contributed by atoms with Crippen molar-refractivity contribution in [3.8, 4) is 5.75 Å². The number of ether oxygens (including phenoxy) is 1. The number of hydrogen-bond acceptors (Lipinski definition) is 6. The monoisotopic (exact) mass is 549 g/mol. The Hall–Kier alpha value is -2.34. The van der Waals surface area contributed by atoms with Crippen molar-refractivity contribution in [2.45, 2.75) is 69.0 Å². The number of nitrogens with zero attached hydrogens (tertiary/aromatic N) is 2. The fourth-order valence-corrected chi connectivity index (χ4v) is 5.73. The third kappa shape index (κ3) is 5.06. The van der Waals surface area contributed by atoms with Crippen LogP contribution in [0.25, 0.3) is 11.0 Å². The summed E-state index contributed by atoms with van der Waals surface area (Å²) in [5, 5.41) is 3.70. The predicted octanol–water partition coefficient (Wildman–Crippen LogP) is 5.81. The zero-order chi connectivity index (χ0) is 26.8. The van der Waals surface area contributed by atoms with Crippen LogP contribution in [0.5, 0.6) is 5.75 Å². The molecule has 3 heterocycles. The third-order valence-corrected chi connectivity index (χ3v) is 8.17. The van der Waals surface area contributed by atoms with E-state index in [1.807, 2.05) is 27.7 Å². The van der Waals surface area contributed by atoms with Crippen molar-refractivity contribution in [2.24, 2.45) is 0 Å². The Bertz CT molecular complexity index is 1340. The van der Waals surface area contributed by atoms with E-state index in [0.29, 0.717) is 16.8 Å². The molecule has 0 radical (unpaired) electrons. The summed E-state index contributed by atoms with van der Waals surface area (Å²) in [6.45, 7) is 10.1. The predicted molar refractivity (Wildman–Crippen MR) is 141 cm³/mol. The maximum atomic E-state index is 13.3. The number of thioether (sulfide) groups is 1. The van der Waals surface area contributed by atoms with Gasteiger partial charge in [0.1, 0.15) is 5.75 Å². The van der Waals surface area contributed by atoms with Crippen LogP contribution in [-0.2, 0) is 9.31 Å². The lowest BCUT2D eigenvalue weighted by Gasteiger charge is -2.32. The minimum Gasteiger partial charge on any atom is -0.420 e. The van der Waals surface area contributed by atoms with Crippen LogP contribution in [0, 0.1) is 0 Å². The largest absolute Gasteiger partial charge is 0.497 e.